The highest BCUT2D eigenvalue weighted by molar-refractivity contribution is 9.10. The van der Waals surface area contributed by atoms with Gasteiger partial charge in [-0.25, -0.2) is 9.82 Å². The van der Waals surface area contributed by atoms with Gasteiger partial charge in [0, 0.05) is 9.86 Å². The van der Waals surface area contributed by atoms with Gasteiger partial charge in [-0.3, -0.25) is 5.84 Å². The molecule has 0 aliphatic rings. The lowest BCUT2D eigenvalue weighted by Crippen LogP contribution is -2.28. The number of hydrogen-bond donors (Lipinski definition) is 2. The predicted octanol–water partition coefficient (Wildman–Crippen LogP) is 4.20. The Kier molecular flexibility index (Phi) is 3.80. The zero-order chi connectivity index (χ0) is 15.0. The topological polar surface area (TPSA) is 51.2 Å². The number of nitrogens with one attached hydrogen (secondary N) is 1. The molecule has 1 aromatic heterocycles. The minimum atomic E-state index is -0.354. The summed E-state index contributed by atoms with van der Waals surface area (Å²) >= 11 is 3.36. The van der Waals surface area contributed by atoms with Crippen molar-refractivity contribution in [2.45, 2.75) is 13.0 Å². The van der Waals surface area contributed by atoms with Crippen LogP contribution in [0.4, 0.5) is 4.39 Å². The van der Waals surface area contributed by atoms with E-state index < -0.39 is 0 Å². The first-order valence-electron chi connectivity index (χ1n) is 6.49. The Labute approximate surface area is 130 Å². The third-order valence-electron chi connectivity index (χ3n) is 3.42. The Morgan fingerprint density at radius 2 is 2.00 bits per heavy atom. The summed E-state index contributed by atoms with van der Waals surface area (Å²) in [7, 11) is 0. The van der Waals surface area contributed by atoms with Crippen molar-refractivity contribution in [1.29, 1.82) is 0 Å². The molecule has 1 unspecified atom stereocenters. The summed E-state index contributed by atoms with van der Waals surface area (Å²) in [6.45, 7) is 2.03. The Hall–Kier alpha value is -1.69. The van der Waals surface area contributed by atoms with E-state index in [9.17, 15) is 4.39 Å². The number of hydrazine groups is 1. The van der Waals surface area contributed by atoms with E-state index in [1.807, 2.05) is 25.1 Å². The molecule has 0 aliphatic carbocycles. The van der Waals surface area contributed by atoms with Gasteiger partial charge < -0.3 is 4.42 Å². The minimum absolute atomic E-state index is 0.304. The molecule has 0 spiro atoms. The third-order valence-corrected chi connectivity index (χ3v) is 4.10. The summed E-state index contributed by atoms with van der Waals surface area (Å²) in [6.07, 6.45) is 0. The molecular weight excluding hydrogens is 335 g/mol. The molecule has 0 aliphatic heterocycles. The number of rotatable bonds is 3. The zero-order valence-electron chi connectivity index (χ0n) is 11.4. The van der Waals surface area contributed by atoms with Gasteiger partial charge in [-0.05, 0) is 42.8 Å². The summed E-state index contributed by atoms with van der Waals surface area (Å²) < 4.78 is 19.7. The molecule has 0 amide bonds. The van der Waals surface area contributed by atoms with Crippen LogP contribution < -0.4 is 11.3 Å². The number of fused-ring (bicyclic) bond motifs is 1. The number of hydrogen-bond acceptors (Lipinski definition) is 3. The molecule has 0 saturated carbocycles. The molecule has 1 atom stereocenters. The van der Waals surface area contributed by atoms with Crippen LogP contribution in [0, 0.1) is 12.7 Å². The molecule has 1 heterocycles. The van der Waals surface area contributed by atoms with Gasteiger partial charge in [-0.2, -0.15) is 0 Å². The molecule has 0 saturated heterocycles. The maximum absolute atomic E-state index is 13.2. The van der Waals surface area contributed by atoms with Gasteiger partial charge in [0.1, 0.15) is 23.2 Å². The molecule has 0 fully saturated rings. The molecule has 3 nitrogen and oxygen atoms in total. The highest BCUT2D eigenvalue weighted by Gasteiger charge is 2.20. The van der Waals surface area contributed by atoms with E-state index >= 15 is 0 Å². The van der Waals surface area contributed by atoms with E-state index in [4.69, 9.17) is 10.3 Å². The lowest BCUT2D eigenvalue weighted by molar-refractivity contribution is 0.475. The van der Waals surface area contributed by atoms with Gasteiger partial charge in [0.15, 0.2) is 0 Å². The fourth-order valence-corrected chi connectivity index (χ4v) is 2.97. The Morgan fingerprint density at radius 1 is 1.19 bits per heavy atom. The minimum Gasteiger partial charge on any atom is -0.459 e. The molecule has 21 heavy (non-hydrogen) atoms. The van der Waals surface area contributed by atoms with Crippen molar-refractivity contribution in [3.63, 3.8) is 0 Å². The average molecular weight is 349 g/mol. The van der Waals surface area contributed by atoms with Gasteiger partial charge in [-0.15, -0.1) is 0 Å². The van der Waals surface area contributed by atoms with Gasteiger partial charge in [-0.1, -0.05) is 33.6 Å². The van der Waals surface area contributed by atoms with Crippen LogP contribution in [0.1, 0.15) is 22.9 Å². The zero-order valence-corrected chi connectivity index (χ0v) is 12.9. The molecule has 108 valence electrons. The Balaban J connectivity index is 2.09. The predicted molar refractivity (Wildman–Crippen MR) is 84.2 cm³/mol. The fraction of sp³-hybridized carbons (Fsp3) is 0.125. The molecule has 3 aromatic rings. The first-order valence-corrected chi connectivity index (χ1v) is 7.29. The quantitative estimate of drug-likeness (QED) is 0.551. The van der Waals surface area contributed by atoms with Crippen molar-refractivity contribution in [3.05, 3.63) is 69.6 Å². The average Bonchev–Trinajstić information content (AvgIpc) is 2.84. The van der Waals surface area contributed by atoms with Crippen LogP contribution in [0.3, 0.4) is 0 Å². The molecule has 5 heteroatoms. The molecule has 3 N–H and O–H groups in total. The van der Waals surface area contributed by atoms with Gasteiger partial charge in [0.2, 0.25) is 0 Å². The van der Waals surface area contributed by atoms with E-state index in [2.05, 4.69) is 27.4 Å². The van der Waals surface area contributed by atoms with Crippen LogP contribution in [-0.4, -0.2) is 0 Å². The second-order valence-electron chi connectivity index (χ2n) is 4.96. The highest BCUT2D eigenvalue weighted by atomic mass is 79.9. The lowest BCUT2D eigenvalue weighted by Gasteiger charge is -2.15. The summed E-state index contributed by atoms with van der Waals surface area (Å²) in [5.74, 6) is 6.05. The SMILES string of the molecule is Cc1ccc2oc(C(NN)c3ccc(F)cc3Br)cc2c1. The normalized spacial score (nSPS) is 12.8. The van der Waals surface area contributed by atoms with Crippen molar-refractivity contribution < 1.29 is 8.81 Å². The first kappa shape index (κ1) is 14.3. The number of nitrogens with two attached hydrogens (primary N) is 1. The molecule has 0 radical (unpaired) electrons. The molecule has 2 aromatic carbocycles. The van der Waals surface area contributed by atoms with Crippen LogP contribution in [-0.2, 0) is 0 Å². The van der Waals surface area contributed by atoms with E-state index in [0.717, 1.165) is 22.1 Å². The van der Waals surface area contributed by atoms with Gasteiger partial charge in [0.05, 0.1) is 0 Å². The third kappa shape index (κ3) is 2.72. The Bertz CT molecular complexity index is 800. The van der Waals surface area contributed by atoms with Crippen LogP contribution >= 0.6 is 15.9 Å². The Morgan fingerprint density at radius 3 is 2.71 bits per heavy atom. The summed E-state index contributed by atoms with van der Waals surface area (Å²) in [4.78, 5) is 0. The monoisotopic (exact) mass is 348 g/mol. The number of furan rings is 1. The van der Waals surface area contributed by atoms with Crippen LogP contribution in [0.15, 0.2) is 51.4 Å². The van der Waals surface area contributed by atoms with E-state index in [1.165, 1.54) is 12.1 Å². The maximum Gasteiger partial charge on any atom is 0.134 e. The molecule has 3 rings (SSSR count). The van der Waals surface area contributed by atoms with Crippen LogP contribution in [0.25, 0.3) is 11.0 Å². The van der Waals surface area contributed by atoms with Crippen molar-refractivity contribution in [2.75, 3.05) is 0 Å². The summed E-state index contributed by atoms with van der Waals surface area (Å²) in [5, 5.41) is 1.02. The molecule has 0 bridgehead atoms. The smallest absolute Gasteiger partial charge is 0.134 e. The van der Waals surface area contributed by atoms with Crippen molar-refractivity contribution in [3.8, 4) is 0 Å². The van der Waals surface area contributed by atoms with E-state index in [1.54, 1.807) is 6.07 Å². The summed E-state index contributed by atoms with van der Waals surface area (Å²) in [6, 6.07) is 12.1. The number of benzene rings is 2. The van der Waals surface area contributed by atoms with E-state index in [0.29, 0.717) is 10.2 Å². The summed E-state index contributed by atoms with van der Waals surface area (Å²) in [5.41, 5.74) is 5.50. The van der Waals surface area contributed by atoms with Crippen molar-refractivity contribution in [2.24, 2.45) is 5.84 Å². The highest BCUT2D eigenvalue weighted by Crippen LogP contribution is 2.32. The largest absolute Gasteiger partial charge is 0.459 e. The maximum atomic E-state index is 13.2. The van der Waals surface area contributed by atoms with Gasteiger partial charge in [0.25, 0.3) is 0 Å². The van der Waals surface area contributed by atoms with Crippen LogP contribution in [0.2, 0.25) is 0 Å². The standard InChI is InChI=1S/C16H14BrFN2O/c1-9-2-5-14-10(6-9)7-15(21-14)16(20-19)12-4-3-11(18)8-13(12)17/h2-8,16,20H,19H2,1H3. The fourth-order valence-electron chi connectivity index (χ4n) is 2.39. The van der Waals surface area contributed by atoms with Crippen molar-refractivity contribution in [1.82, 2.24) is 5.43 Å². The second-order valence-corrected chi connectivity index (χ2v) is 5.81. The second kappa shape index (κ2) is 5.60. The number of aryl methyl sites for hydroxylation is 1. The molecular formula is C16H14BrFN2O. The number of halogens is 2. The van der Waals surface area contributed by atoms with Crippen molar-refractivity contribution >= 4 is 26.9 Å². The van der Waals surface area contributed by atoms with Crippen LogP contribution in [0.5, 0.6) is 0 Å². The lowest BCUT2D eigenvalue weighted by atomic mass is 10.0. The first-order chi connectivity index (χ1) is 10.1. The van der Waals surface area contributed by atoms with Gasteiger partial charge >= 0.3 is 0 Å². The van der Waals surface area contributed by atoms with E-state index in [-0.39, 0.29) is 11.9 Å².